The molecule has 0 aliphatic heterocycles. The number of fused-ring (bicyclic) bond motifs is 1. The first-order valence-electron chi connectivity index (χ1n) is 6.23. The van der Waals surface area contributed by atoms with Crippen molar-refractivity contribution in [3.63, 3.8) is 0 Å². The minimum Gasteiger partial charge on any atom is -0.466 e. The lowest BCUT2D eigenvalue weighted by atomic mass is 9.91. The van der Waals surface area contributed by atoms with Crippen molar-refractivity contribution in [2.75, 3.05) is 6.61 Å². The highest BCUT2D eigenvalue weighted by molar-refractivity contribution is 5.65. The van der Waals surface area contributed by atoms with Crippen LogP contribution in [0.4, 0.5) is 0 Å². The molecule has 2 aliphatic carbocycles. The predicted molar refractivity (Wildman–Crippen MR) is 63.9 cm³/mol. The molecule has 0 bridgehead atoms. The molecule has 0 saturated heterocycles. The summed E-state index contributed by atoms with van der Waals surface area (Å²) in [7, 11) is 0. The molecule has 0 amide bonds. The van der Waals surface area contributed by atoms with Gasteiger partial charge in [0, 0.05) is 13.3 Å². The molecular weight excluding hydrogens is 200 g/mol. The lowest BCUT2D eigenvalue weighted by Crippen LogP contribution is -2.06. The number of hydrogen-bond acceptors (Lipinski definition) is 2. The van der Waals surface area contributed by atoms with Gasteiger partial charge in [-0.05, 0) is 37.0 Å². The Balaban J connectivity index is 1.88. The van der Waals surface area contributed by atoms with Crippen molar-refractivity contribution >= 4 is 5.97 Å². The predicted octanol–water partition coefficient (Wildman–Crippen LogP) is 3.32. The van der Waals surface area contributed by atoms with Crippen LogP contribution >= 0.6 is 0 Å². The van der Waals surface area contributed by atoms with Crippen LogP contribution in [0.5, 0.6) is 0 Å². The number of allylic oxidation sites excluding steroid dienone is 1. The average molecular weight is 222 g/mol. The van der Waals surface area contributed by atoms with E-state index in [1.54, 1.807) is 5.57 Å². The Morgan fingerprint density at radius 1 is 1.38 bits per heavy atom. The summed E-state index contributed by atoms with van der Waals surface area (Å²) in [6.07, 6.45) is 3.42. The second-order valence-corrected chi connectivity index (χ2v) is 5.92. The van der Waals surface area contributed by atoms with Gasteiger partial charge in [0.1, 0.15) is 0 Å². The molecule has 0 aromatic heterocycles. The molecule has 2 atom stereocenters. The van der Waals surface area contributed by atoms with Crippen LogP contribution in [0.3, 0.4) is 0 Å². The minimum atomic E-state index is -0.168. The van der Waals surface area contributed by atoms with Gasteiger partial charge in [-0.25, -0.2) is 0 Å². The maximum atomic E-state index is 10.7. The summed E-state index contributed by atoms with van der Waals surface area (Å²) in [5, 5.41) is 0. The van der Waals surface area contributed by atoms with E-state index in [4.69, 9.17) is 4.74 Å². The second-order valence-electron chi connectivity index (χ2n) is 5.92. The Labute approximate surface area is 98.1 Å². The smallest absolute Gasteiger partial charge is 0.302 e. The molecule has 90 valence electrons. The quantitative estimate of drug-likeness (QED) is 0.541. The fourth-order valence-electron chi connectivity index (χ4n) is 3.22. The van der Waals surface area contributed by atoms with E-state index in [-0.39, 0.29) is 5.97 Å². The fourth-order valence-corrected chi connectivity index (χ4v) is 3.22. The van der Waals surface area contributed by atoms with Crippen LogP contribution in [0, 0.1) is 17.3 Å². The monoisotopic (exact) mass is 222 g/mol. The maximum Gasteiger partial charge on any atom is 0.302 e. The largest absolute Gasteiger partial charge is 0.466 e. The number of hydrogen-bond donors (Lipinski definition) is 0. The number of carbonyl (C=O) groups is 1. The third kappa shape index (κ3) is 2.02. The van der Waals surface area contributed by atoms with E-state index in [2.05, 4.69) is 20.8 Å². The first-order valence-corrected chi connectivity index (χ1v) is 6.23. The van der Waals surface area contributed by atoms with Crippen molar-refractivity contribution in [1.82, 2.24) is 0 Å². The van der Waals surface area contributed by atoms with Gasteiger partial charge in [0.2, 0.25) is 0 Å². The van der Waals surface area contributed by atoms with Gasteiger partial charge < -0.3 is 4.74 Å². The van der Waals surface area contributed by atoms with E-state index < -0.39 is 0 Å². The third-order valence-electron chi connectivity index (χ3n) is 4.59. The van der Waals surface area contributed by atoms with Gasteiger partial charge in [0.15, 0.2) is 0 Å². The molecule has 0 aromatic rings. The van der Waals surface area contributed by atoms with E-state index in [9.17, 15) is 4.79 Å². The van der Waals surface area contributed by atoms with Gasteiger partial charge in [0.25, 0.3) is 0 Å². The zero-order valence-electron chi connectivity index (χ0n) is 10.8. The Morgan fingerprint density at radius 2 is 2.00 bits per heavy atom. The van der Waals surface area contributed by atoms with Gasteiger partial charge in [-0.2, -0.15) is 0 Å². The van der Waals surface area contributed by atoms with Crippen molar-refractivity contribution in [1.29, 1.82) is 0 Å². The highest BCUT2D eigenvalue weighted by Gasteiger charge is 2.58. The zero-order chi connectivity index (χ0) is 11.9. The van der Waals surface area contributed by atoms with E-state index in [1.807, 2.05) is 0 Å². The summed E-state index contributed by atoms with van der Waals surface area (Å²) in [4.78, 5) is 10.7. The summed E-state index contributed by atoms with van der Waals surface area (Å²) in [5.41, 5.74) is 3.62. The summed E-state index contributed by atoms with van der Waals surface area (Å²) >= 11 is 0. The lowest BCUT2D eigenvalue weighted by molar-refractivity contribution is -0.140. The Kier molecular flexibility index (Phi) is 2.85. The van der Waals surface area contributed by atoms with Gasteiger partial charge >= 0.3 is 5.97 Å². The van der Waals surface area contributed by atoms with Crippen LogP contribution in [0.25, 0.3) is 0 Å². The van der Waals surface area contributed by atoms with E-state index in [1.165, 1.54) is 25.3 Å². The van der Waals surface area contributed by atoms with Crippen LogP contribution in [0.1, 0.15) is 47.0 Å². The molecule has 2 aliphatic rings. The van der Waals surface area contributed by atoms with Crippen molar-refractivity contribution in [3.8, 4) is 0 Å². The van der Waals surface area contributed by atoms with Crippen LogP contribution in [0.15, 0.2) is 11.1 Å². The minimum absolute atomic E-state index is 0.168. The molecule has 0 aromatic carbocycles. The number of carbonyl (C=O) groups excluding carboxylic acids is 1. The Hall–Kier alpha value is -0.790. The fraction of sp³-hybridized carbons (Fsp3) is 0.786. The third-order valence-corrected chi connectivity index (χ3v) is 4.59. The van der Waals surface area contributed by atoms with Gasteiger partial charge in [-0.15, -0.1) is 0 Å². The number of rotatable bonds is 3. The normalized spacial score (nSPS) is 31.0. The van der Waals surface area contributed by atoms with E-state index >= 15 is 0 Å². The summed E-state index contributed by atoms with van der Waals surface area (Å²) in [6.45, 7) is 9.03. The van der Waals surface area contributed by atoms with Crippen LogP contribution < -0.4 is 0 Å². The Morgan fingerprint density at radius 3 is 2.62 bits per heavy atom. The molecule has 0 N–H and O–H groups in total. The highest BCUT2D eigenvalue weighted by Crippen LogP contribution is 2.65. The van der Waals surface area contributed by atoms with Crippen molar-refractivity contribution in [3.05, 3.63) is 11.1 Å². The summed E-state index contributed by atoms with van der Waals surface area (Å²) in [6, 6.07) is 0. The first kappa shape index (κ1) is 11.7. The molecule has 2 heteroatoms. The summed E-state index contributed by atoms with van der Waals surface area (Å²) in [5.74, 6) is 1.62. The van der Waals surface area contributed by atoms with Gasteiger partial charge in [-0.3, -0.25) is 4.79 Å². The van der Waals surface area contributed by atoms with Crippen LogP contribution in [-0.2, 0) is 9.53 Å². The molecule has 2 nitrogen and oxygen atoms in total. The number of esters is 1. The average Bonchev–Trinajstić information content (AvgIpc) is 2.68. The standard InChI is InChI=1S/C14H22O2/c1-9-7-12-13(14(12,3)4)8-11(9)5-6-16-10(2)15/h12-13H,5-8H2,1-4H3. The lowest BCUT2D eigenvalue weighted by Gasteiger charge is -2.16. The second kappa shape index (κ2) is 3.90. The molecule has 0 radical (unpaired) electrons. The zero-order valence-corrected chi connectivity index (χ0v) is 10.8. The molecule has 2 rings (SSSR count). The van der Waals surface area contributed by atoms with Crippen LogP contribution in [0.2, 0.25) is 0 Å². The molecule has 1 fully saturated rings. The van der Waals surface area contributed by atoms with Crippen molar-refractivity contribution < 1.29 is 9.53 Å². The van der Waals surface area contributed by atoms with E-state index in [0.29, 0.717) is 12.0 Å². The van der Waals surface area contributed by atoms with E-state index in [0.717, 1.165) is 18.3 Å². The molecule has 2 unspecified atom stereocenters. The number of ether oxygens (including phenoxy) is 1. The molecular formula is C14H22O2. The van der Waals surface area contributed by atoms with Crippen molar-refractivity contribution in [2.24, 2.45) is 17.3 Å². The highest BCUT2D eigenvalue weighted by atomic mass is 16.5. The molecule has 0 spiro atoms. The van der Waals surface area contributed by atoms with Crippen molar-refractivity contribution in [2.45, 2.75) is 47.0 Å². The summed E-state index contributed by atoms with van der Waals surface area (Å²) < 4.78 is 5.02. The van der Waals surface area contributed by atoms with Gasteiger partial charge in [-0.1, -0.05) is 25.0 Å². The molecule has 1 saturated carbocycles. The molecule has 16 heavy (non-hydrogen) atoms. The molecule has 0 heterocycles. The maximum absolute atomic E-state index is 10.7. The Bertz CT molecular complexity index is 339. The van der Waals surface area contributed by atoms with Gasteiger partial charge in [0.05, 0.1) is 6.61 Å². The van der Waals surface area contributed by atoms with Crippen LogP contribution in [-0.4, -0.2) is 12.6 Å². The first-order chi connectivity index (χ1) is 7.43. The SMILES string of the molecule is CC(=O)OCCC1=C(C)CC2C(C1)C2(C)C. The topological polar surface area (TPSA) is 26.3 Å².